The lowest BCUT2D eigenvalue weighted by Crippen LogP contribution is -2.51. The summed E-state index contributed by atoms with van der Waals surface area (Å²) in [6.45, 7) is 9.77. The predicted molar refractivity (Wildman–Crippen MR) is 160 cm³/mol. The molecule has 0 aliphatic carbocycles. The number of likely N-dealkylation sites (tertiary alicyclic amines) is 1. The molecule has 222 valence electrons. The largest absolute Gasteiger partial charge is 0.493 e. The molecule has 0 unspecified atom stereocenters. The van der Waals surface area contributed by atoms with Crippen molar-refractivity contribution >= 4 is 17.2 Å². The number of carbonyl (C=O) groups excluding carboxylic acids is 1. The van der Waals surface area contributed by atoms with Gasteiger partial charge in [-0.2, -0.15) is 5.10 Å². The number of fused-ring (bicyclic) bond motifs is 1. The molecular formula is C32H39N5O5. The third-order valence-corrected chi connectivity index (χ3v) is 7.86. The molecule has 0 saturated carbocycles. The van der Waals surface area contributed by atoms with Crippen LogP contribution in [0, 0.1) is 19.3 Å². The third-order valence-electron chi connectivity index (χ3n) is 7.86. The fourth-order valence-corrected chi connectivity index (χ4v) is 5.33. The van der Waals surface area contributed by atoms with Gasteiger partial charge in [-0.3, -0.25) is 9.48 Å². The lowest BCUT2D eigenvalue weighted by atomic mass is 9.77. The number of aldehydes is 1. The summed E-state index contributed by atoms with van der Waals surface area (Å²) in [6, 6.07) is 13.4. The first-order valence-electron chi connectivity index (χ1n) is 14.3. The molecule has 2 fully saturated rings. The van der Waals surface area contributed by atoms with Crippen molar-refractivity contribution in [2.24, 2.45) is 12.5 Å². The van der Waals surface area contributed by atoms with E-state index >= 15 is 0 Å². The number of carbonyl (C=O) groups is 1. The highest BCUT2D eigenvalue weighted by atomic mass is 16.5. The van der Waals surface area contributed by atoms with Crippen LogP contribution in [0.5, 0.6) is 23.1 Å². The zero-order valence-corrected chi connectivity index (χ0v) is 24.8. The minimum atomic E-state index is 0.481. The molecule has 0 N–H and O–H groups in total. The first-order chi connectivity index (χ1) is 20.4. The van der Waals surface area contributed by atoms with E-state index < -0.39 is 0 Å². The standard InChI is InChI=1S/C26H31N3O4.C6H8N2O/c1-19-5-3-6-20(13-19)33-25-21-14-23(30-2)24(15-22(21)27-18-28-25)32-12-4-9-29-10-7-26(8-11-29)16-31-17-26;1-5-3-6(4-9)8(2)7-5/h3,5-6,13-15,18H,4,7-12,16-17H2,1-2H3;3-4H,1-2H3. The van der Waals surface area contributed by atoms with Crippen molar-refractivity contribution in [3.63, 3.8) is 0 Å². The number of aromatic nitrogens is 4. The van der Waals surface area contributed by atoms with E-state index in [2.05, 4.69) is 20.0 Å². The van der Waals surface area contributed by atoms with Gasteiger partial charge >= 0.3 is 0 Å². The van der Waals surface area contributed by atoms with E-state index in [0.717, 1.165) is 73.5 Å². The molecule has 0 bridgehead atoms. The zero-order valence-electron chi connectivity index (χ0n) is 24.8. The van der Waals surface area contributed by atoms with Crippen molar-refractivity contribution in [1.82, 2.24) is 24.6 Å². The number of piperidine rings is 1. The summed E-state index contributed by atoms with van der Waals surface area (Å²) in [5.74, 6) is 2.57. The molecule has 10 heteroatoms. The second-order valence-electron chi connectivity index (χ2n) is 11.1. The average molecular weight is 574 g/mol. The molecule has 2 aliphatic heterocycles. The Kier molecular flexibility index (Phi) is 9.34. The van der Waals surface area contributed by atoms with Crippen molar-refractivity contribution in [3.8, 4) is 23.1 Å². The molecule has 4 aromatic rings. The molecule has 2 aromatic heterocycles. The molecule has 2 aliphatic rings. The number of benzene rings is 2. The van der Waals surface area contributed by atoms with E-state index in [-0.39, 0.29) is 0 Å². The van der Waals surface area contributed by atoms with Crippen LogP contribution in [0.2, 0.25) is 0 Å². The van der Waals surface area contributed by atoms with E-state index in [1.54, 1.807) is 24.9 Å². The molecule has 2 aromatic carbocycles. The van der Waals surface area contributed by atoms with Crippen molar-refractivity contribution in [2.75, 3.05) is 46.6 Å². The molecule has 4 heterocycles. The predicted octanol–water partition coefficient (Wildman–Crippen LogP) is 5.16. The summed E-state index contributed by atoms with van der Waals surface area (Å²) < 4.78 is 24.7. The van der Waals surface area contributed by atoms with E-state index in [9.17, 15) is 4.79 Å². The van der Waals surface area contributed by atoms with Crippen LogP contribution in [0.25, 0.3) is 10.9 Å². The fraction of sp³-hybridized carbons (Fsp3) is 0.438. The topological polar surface area (TPSA) is 101 Å². The second-order valence-corrected chi connectivity index (χ2v) is 11.1. The van der Waals surface area contributed by atoms with Gasteiger partial charge < -0.3 is 23.8 Å². The van der Waals surface area contributed by atoms with Gasteiger partial charge in [-0.25, -0.2) is 9.97 Å². The number of hydrogen-bond donors (Lipinski definition) is 0. The number of aryl methyl sites for hydroxylation is 3. The van der Waals surface area contributed by atoms with Crippen LogP contribution in [0.4, 0.5) is 0 Å². The van der Waals surface area contributed by atoms with E-state index in [1.807, 2.05) is 50.2 Å². The maximum absolute atomic E-state index is 10.2. The van der Waals surface area contributed by atoms with Crippen LogP contribution in [-0.4, -0.2) is 77.5 Å². The Balaban J connectivity index is 0.000000336. The van der Waals surface area contributed by atoms with Crippen molar-refractivity contribution in [2.45, 2.75) is 33.1 Å². The van der Waals surface area contributed by atoms with Crippen molar-refractivity contribution in [3.05, 3.63) is 65.7 Å². The first-order valence-corrected chi connectivity index (χ1v) is 14.3. The Labute approximate surface area is 246 Å². The van der Waals surface area contributed by atoms with Crippen molar-refractivity contribution in [1.29, 1.82) is 0 Å². The molecule has 2 saturated heterocycles. The van der Waals surface area contributed by atoms with Gasteiger partial charge in [0.2, 0.25) is 5.88 Å². The Morgan fingerprint density at radius 2 is 1.86 bits per heavy atom. The molecular weight excluding hydrogens is 534 g/mol. The molecule has 10 nitrogen and oxygen atoms in total. The minimum Gasteiger partial charge on any atom is -0.493 e. The number of rotatable bonds is 9. The average Bonchev–Trinajstić information content (AvgIpc) is 3.31. The van der Waals surface area contributed by atoms with Crippen LogP contribution in [0.1, 0.15) is 41.0 Å². The van der Waals surface area contributed by atoms with Gasteiger partial charge in [-0.05, 0) is 76.0 Å². The summed E-state index contributed by atoms with van der Waals surface area (Å²) in [5.41, 5.74) is 3.86. The molecule has 1 spiro atoms. The Morgan fingerprint density at radius 3 is 2.48 bits per heavy atom. The highest BCUT2D eigenvalue weighted by Gasteiger charge is 2.40. The van der Waals surface area contributed by atoms with Crippen LogP contribution >= 0.6 is 0 Å². The zero-order chi connectivity index (χ0) is 29.5. The number of methoxy groups -OCH3 is 1. The van der Waals surface area contributed by atoms with Crippen LogP contribution < -0.4 is 14.2 Å². The van der Waals surface area contributed by atoms with Gasteiger partial charge in [0.1, 0.15) is 17.8 Å². The van der Waals surface area contributed by atoms with Crippen LogP contribution in [-0.2, 0) is 11.8 Å². The Morgan fingerprint density at radius 1 is 1.05 bits per heavy atom. The molecule has 42 heavy (non-hydrogen) atoms. The lowest BCUT2D eigenvalue weighted by molar-refractivity contribution is -0.139. The normalized spacial score (nSPS) is 15.9. The summed E-state index contributed by atoms with van der Waals surface area (Å²) in [6.07, 6.45) is 5.77. The van der Waals surface area contributed by atoms with Gasteiger partial charge in [0.25, 0.3) is 0 Å². The lowest BCUT2D eigenvalue weighted by Gasteiger charge is -2.47. The highest BCUT2D eigenvalue weighted by Crippen LogP contribution is 2.39. The molecule has 6 rings (SSSR count). The Bertz CT molecular complexity index is 1510. The molecule has 0 radical (unpaired) electrons. The van der Waals surface area contributed by atoms with E-state index in [0.29, 0.717) is 35.1 Å². The van der Waals surface area contributed by atoms with Crippen LogP contribution in [0.15, 0.2) is 48.8 Å². The monoisotopic (exact) mass is 573 g/mol. The maximum Gasteiger partial charge on any atom is 0.230 e. The Hall–Kier alpha value is -4.02. The van der Waals surface area contributed by atoms with Gasteiger partial charge in [0.15, 0.2) is 17.8 Å². The van der Waals surface area contributed by atoms with Gasteiger partial charge in [0, 0.05) is 25.1 Å². The number of hydrogen-bond acceptors (Lipinski definition) is 9. The summed E-state index contributed by atoms with van der Waals surface area (Å²) in [5, 5.41) is 4.75. The highest BCUT2D eigenvalue weighted by molar-refractivity contribution is 5.87. The van der Waals surface area contributed by atoms with Gasteiger partial charge in [-0.1, -0.05) is 12.1 Å². The molecule has 0 atom stereocenters. The quantitative estimate of drug-likeness (QED) is 0.198. The van der Waals surface area contributed by atoms with E-state index in [1.165, 1.54) is 19.2 Å². The number of nitrogens with zero attached hydrogens (tertiary/aromatic N) is 5. The van der Waals surface area contributed by atoms with E-state index in [4.69, 9.17) is 18.9 Å². The van der Waals surface area contributed by atoms with Gasteiger partial charge in [0.05, 0.1) is 43.5 Å². The molecule has 0 amide bonds. The number of ether oxygens (including phenoxy) is 4. The van der Waals surface area contributed by atoms with Crippen LogP contribution in [0.3, 0.4) is 0 Å². The summed E-state index contributed by atoms with van der Waals surface area (Å²) in [7, 11) is 3.39. The second kappa shape index (κ2) is 13.3. The van der Waals surface area contributed by atoms with Gasteiger partial charge in [-0.15, -0.1) is 0 Å². The SMILES string of the molecule is COc1cc2c(Oc3cccc(C)c3)ncnc2cc1OCCCN1CCC2(CC1)COC2.Cc1cc(C=O)n(C)n1. The van der Waals surface area contributed by atoms with Crippen molar-refractivity contribution < 1.29 is 23.7 Å². The first kappa shape index (κ1) is 29.5. The smallest absolute Gasteiger partial charge is 0.230 e. The third kappa shape index (κ3) is 7.06. The summed E-state index contributed by atoms with van der Waals surface area (Å²) >= 11 is 0. The maximum atomic E-state index is 10.2. The minimum absolute atomic E-state index is 0.481. The summed E-state index contributed by atoms with van der Waals surface area (Å²) in [4.78, 5) is 21.5. The fourth-order valence-electron chi connectivity index (χ4n) is 5.33.